The number of hydrogen-bond donors (Lipinski definition) is 1. The highest BCUT2D eigenvalue weighted by molar-refractivity contribution is 14.1. The molecule has 19 heavy (non-hydrogen) atoms. The molecule has 0 unspecified atom stereocenters. The van der Waals surface area contributed by atoms with Gasteiger partial charge in [0.25, 0.3) is 0 Å². The second-order valence-corrected chi connectivity index (χ2v) is 7.60. The molecule has 3 aromatic rings. The molecule has 1 N–H and O–H groups in total. The Balaban J connectivity index is 1.91. The fraction of sp³-hybridized carbons (Fsp3) is 0.0833. The van der Waals surface area contributed by atoms with Crippen LogP contribution in [0.3, 0.4) is 0 Å². The van der Waals surface area contributed by atoms with Gasteiger partial charge in [0.05, 0.1) is 19.3 Å². The van der Waals surface area contributed by atoms with Crippen molar-refractivity contribution in [3.8, 4) is 0 Å². The van der Waals surface area contributed by atoms with Crippen LogP contribution in [0.25, 0.3) is 10.2 Å². The monoisotopic (exact) mass is 400 g/mol. The first-order valence-corrected chi connectivity index (χ1v) is 8.25. The van der Waals surface area contributed by atoms with E-state index >= 15 is 0 Å². The molecule has 4 nitrogen and oxygen atoms in total. The molecule has 0 fully saturated rings. The van der Waals surface area contributed by atoms with E-state index in [9.17, 15) is 0 Å². The van der Waals surface area contributed by atoms with E-state index in [1.165, 1.54) is 8.45 Å². The number of thiophene rings is 2. The minimum Gasteiger partial charge on any atom is -0.260 e. The summed E-state index contributed by atoms with van der Waals surface area (Å²) in [6.07, 6.45) is 3.37. The summed E-state index contributed by atoms with van der Waals surface area (Å²) in [6.45, 7) is 2.08. The normalized spacial score (nSPS) is 11.5. The first kappa shape index (κ1) is 12.9. The Labute approximate surface area is 131 Å². The van der Waals surface area contributed by atoms with Crippen LogP contribution in [0.5, 0.6) is 0 Å². The summed E-state index contributed by atoms with van der Waals surface area (Å²) >= 11 is 5.66. The standard InChI is InChI=1S/C12H9IN4S2/c1-7-9-10(19-11(7)13)12(15-6-14-9)17-16-5-8-3-2-4-18-8/h2-6H,1H3,(H,14,15,17)/b16-5+. The Hall–Kier alpha value is -1.06. The van der Waals surface area contributed by atoms with Crippen molar-refractivity contribution in [1.82, 2.24) is 9.97 Å². The van der Waals surface area contributed by atoms with Crippen LogP contribution in [0, 0.1) is 9.81 Å². The minimum absolute atomic E-state index is 0.758. The number of nitrogens with one attached hydrogen (secondary N) is 1. The number of anilines is 1. The average Bonchev–Trinajstić information content (AvgIpc) is 3.01. The number of rotatable bonds is 3. The molecule has 7 heteroatoms. The maximum atomic E-state index is 4.32. The van der Waals surface area contributed by atoms with Gasteiger partial charge in [0, 0.05) is 4.88 Å². The number of fused-ring (bicyclic) bond motifs is 1. The van der Waals surface area contributed by atoms with E-state index in [1.54, 1.807) is 35.2 Å². The van der Waals surface area contributed by atoms with Crippen molar-refractivity contribution in [2.45, 2.75) is 6.92 Å². The van der Waals surface area contributed by atoms with Gasteiger partial charge in [-0.15, -0.1) is 22.7 Å². The van der Waals surface area contributed by atoms with Crippen LogP contribution >= 0.6 is 45.3 Å². The van der Waals surface area contributed by atoms with Crippen LogP contribution in [0.15, 0.2) is 28.9 Å². The predicted octanol–water partition coefficient (Wildman–Crippen LogP) is 4.11. The number of halogens is 1. The van der Waals surface area contributed by atoms with Gasteiger partial charge in [0.15, 0.2) is 5.82 Å². The smallest absolute Gasteiger partial charge is 0.167 e. The van der Waals surface area contributed by atoms with Gasteiger partial charge in [0.2, 0.25) is 0 Å². The molecule has 0 saturated carbocycles. The molecular weight excluding hydrogens is 391 g/mol. The fourth-order valence-electron chi connectivity index (χ4n) is 1.60. The molecule has 0 aliphatic carbocycles. The average molecular weight is 400 g/mol. The zero-order valence-corrected chi connectivity index (χ0v) is 13.7. The lowest BCUT2D eigenvalue weighted by molar-refractivity contribution is 1.18. The van der Waals surface area contributed by atoms with E-state index in [1.807, 2.05) is 17.5 Å². The zero-order chi connectivity index (χ0) is 13.2. The summed E-state index contributed by atoms with van der Waals surface area (Å²) in [7, 11) is 0. The molecule has 0 bridgehead atoms. The third-order valence-electron chi connectivity index (χ3n) is 2.55. The lowest BCUT2D eigenvalue weighted by Crippen LogP contribution is -1.93. The number of hydrogen-bond acceptors (Lipinski definition) is 6. The fourth-order valence-corrected chi connectivity index (χ4v) is 4.03. The van der Waals surface area contributed by atoms with Gasteiger partial charge in [0.1, 0.15) is 6.33 Å². The highest BCUT2D eigenvalue weighted by Gasteiger charge is 2.11. The van der Waals surface area contributed by atoms with Gasteiger partial charge in [-0.1, -0.05) is 6.07 Å². The molecule has 0 aliphatic heterocycles. The molecule has 0 radical (unpaired) electrons. The Morgan fingerprint density at radius 2 is 2.32 bits per heavy atom. The Morgan fingerprint density at radius 3 is 3.11 bits per heavy atom. The third-order valence-corrected chi connectivity index (χ3v) is 5.90. The molecule has 3 aromatic heterocycles. The molecule has 3 heterocycles. The van der Waals surface area contributed by atoms with Gasteiger partial charge in [-0.2, -0.15) is 5.10 Å². The lowest BCUT2D eigenvalue weighted by Gasteiger charge is -1.99. The number of hydrazone groups is 1. The number of aryl methyl sites for hydroxylation is 1. The summed E-state index contributed by atoms with van der Waals surface area (Å²) in [6, 6.07) is 4.02. The largest absolute Gasteiger partial charge is 0.260 e. The summed E-state index contributed by atoms with van der Waals surface area (Å²) in [5.41, 5.74) is 5.20. The van der Waals surface area contributed by atoms with Gasteiger partial charge in [-0.25, -0.2) is 9.97 Å². The van der Waals surface area contributed by atoms with Crippen molar-refractivity contribution in [2.24, 2.45) is 5.10 Å². The zero-order valence-electron chi connectivity index (χ0n) is 9.92. The lowest BCUT2D eigenvalue weighted by atomic mass is 10.3. The minimum atomic E-state index is 0.758. The number of aromatic nitrogens is 2. The second kappa shape index (κ2) is 5.51. The van der Waals surface area contributed by atoms with Crippen molar-refractivity contribution in [2.75, 3.05) is 5.43 Å². The van der Waals surface area contributed by atoms with Gasteiger partial charge < -0.3 is 0 Å². The molecule has 96 valence electrons. The Kier molecular flexibility index (Phi) is 3.76. The third kappa shape index (κ3) is 2.63. The summed E-state index contributed by atoms with van der Waals surface area (Å²) < 4.78 is 2.28. The van der Waals surface area contributed by atoms with E-state index in [0.29, 0.717) is 0 Å². The molecule has 0 amide bonds. The summed E-state index contributed by atoms with van der Waals surface area (Å²) in [5.74, 6) is 0.758. The van der Waals surface area contributed by atoms with Crippen molar-refractivity contribution in [3.63, 3.8) is 0 Å². The maximum Gasteiger partial charge on any atom is 0.167 e. The topological polar surface area (TPSA) is 50.2 Å². The molecule has 0 spiro atoms. The van der Waals surface area contributed by atoms with Gasteiger partial charge in [-0.3, -0.25) is 5.43 Å². The first-order valence-electron chi connectivity index (χ1n) is 5.48. The van der Waals surface area contributed by atoms with E-state index in [2.05, 4.69) is 50.0 Å². The molecular formula is C12H9IN4S2. The number of nitrogens with zero attached hydrogens (tertiary/aromatic N) is 3. The van der Waals surface area contributed by atoms with Crippen LogP contribution in [0.1, 0.15) is 10.4 Å². The molecule has 3 rings (SSSR count). The van der Waals surface area contributed by atoms with E-state index in [0.717, 1.165) is 20.9 Å². The van der Waals surface area contributed by atoms with Crippen LogP contribution in [0.2, 0.25) is 0 Å². The molecule has 0 atom stereocenters. The quantitative estimate of drug-likeness (QED) is 0.409. The molecule has 0 saturated heterocycles. The highest BCUT2D eigenvalue weighted by atomic mass is 127. The van der Waals surface area contributed by atoms with Gasteiger partial charge >= 0.3 is 0 Å². The van der Waals surface area contributed by atoms with Crippen LogP contribution in [-0.4, -0.2) is 16.2 Å². The predicted molar refractivity (Wildman–Crippen MR) is 90.4 cm³/mol. The Morgan fingerprint density at radius 1 is 1.42 bits per heavy atom. The SMILES string of the molecule is Cc1c(I)sc2c(N/N=C/c3cccs3)ncnc12. The van der Waals surface area contributed by atoms with Crippen molar-refractivity contribution in [1.29, 1.82) is 0 Å². The summed E-state index contributed by atoms with van der Waals surface area (Å²) in [4.78, 5) is 9.69. The van der Waals surface area contributed by atoms with E-state index < -0.39 is 0 Å². The van der Waals surface area contributed by atoms with E-state index in [4.69, 9.17) is 0 Å². The molecule has 0 aliphatic rings. The van der Waals surface area contributed by atoms with Crippen molar-refractivity contribution in [3.05, 3.63) is 37.2 Å². The van der Waals surface area contributed by atoms with Crippen molar-refractivity contribution >= 4 is 67.5 Å². The van der Waals surface area contributed by atoms with Crippen molar-refractivity contribution < 1.29 is 0 Å². The van der Waals surface area contributed by atoms with Crippen LogP contribution < -0.4 is 5.43 Å². The second-order valence-electron chi connectivity index (χ2n) is 3.79. The first-order chi connectivity index (χ1) is 9.25. The van der Waals surface area contributed by atoms with E-state index in [-0.39, 0.29) is 0 Å². The highest BCUT2D eigenvalue weighted by Crippen LogP contribution is 2.33. The Bertz CT molecular complexity index is 734. The van der Waals surface area contributed by atoms with Crippen LogP contribution in [-0.2, 0) is 0 Å². The van der Waals surface area contributed by atoms with Gasteiger partial charge in [-0.05, 0) is 46.5 Å². The molecule has 0 aromatic carbocycles. The maximum absolute atomic E-state index is 4.32. The summed E-state index contributed by atoms with van der Waals surface area (Å²) in [5, 5.41) is 6.25. The van der Waals surface area contributed by atoms with Crippen LogP contribution in [0.4, 0.5) is 5.82 Å².